The Morgan fingerprint density at radius 2 is 2.40 bits per heavy atom. The molecule has 1 aliphatic rings. The van der Waals surface area contributed by atoms with E-state index in [2.05, 4.69) is 40.0 Å². The van der Waals surface area contributed by atoms with Gasteiger partial charge >= 0.3 is 0 Å². The van der Waals surface area contributed by atoms with Gasteiger partial charge in [0.2, 0.25) is 0 Å². The second-order valence-corrected chi connectivity index (χ2v) is 4.16. The number of anilines is 1. The maximum Gasteiger partial charge on any atom is 0.112 e. The molecule has 1 saturated carbocycles. The number of imidazole rings is 1. The van der Waals surface area contributed by atoms with Gasteiger partial charge in [-0.3, -0.25) is 0 Å². The third kappa shape index (κ3) is 1.58. The average Bonchev–Trinajstić information content (AvgIpc) is 2.97. The minimum atomic E-state index is 0.709. The van der Waals surface area contributed by atoms with Gasteiger partial charge in [0.25, 0.3) is 0 Å². The quantitative estimate of drug-likeness (QED) is 0.826. The molecule has 15 heavy (non-hydrogen) atoms. The summed E-state index contributed by atoms with van der Waals surface area (Å²) in [5, 5.41) is 3.49. The van der Waals surface area contributed by atoms with Gasteiger partial charge in [0.15, 0.2) is 0 Å². The van der Waals surface area contributed by atoms with Crippen LogP contribution >= 0.6 is 0 Å². The summed E-state index contributed by atoms with van der Waals surface area (Å²) in [6.07, 6.45) is 7.64. The highest BCUT2D eigenvalue weighted by atomic mass is 15.0. The molecule has 0 saturated heterocycles. The zero-order valence-corrected chi connectivity index (χ0v) is 8.90. The molecule has 2 aromatic rings. The number of hydrogen-bond donors (Lipinski definition) is 1. The summed E-state index contributed by atoms with van der Waals surface area (Å²) in [5.41, 5.74) is 2.39. The van der Waals surface area contributed by atoms with Gasteiger partial charge in [-0.05, 0) is 25.0 Å². The van der Waals surface area contributed by atoms with Crippen LogP contribution in [0.3, 0.4) is 0 Å². The van der Waals surface area contributed by atoms with E-state index in [0.717, 1.165) is 12.2 Å². The van der Waals surface area contributed by atoms with Crippen molar-refractivity contribution in [3.8, 4) is 0 Å². The Morgan fingerprint density at radius 1 is 1.53 bits per heavy atom. The summed E-state index contributed by atoms with van der Waals surface area (Å²) in [6, 6.07) is 5.01. The SMILES string of the molecule is CCc1ncc2cc(NC3CC3)ccn12. The van der Waals surface area contributed by atoms with Gasteiger partial charge in [-0.2, -0.15) is 0 Å². The van der Waals surface area contributed by atoms with Crippen molar-refractivity contribution in [2.45, 2.75) is 32.2 Å². The summed E-state index contributed by atoms with van der Waals surface area (Å²) < 4.78 is 2.15. The van der Waals surface area contributed by atoms with Crippen molar-refractivity contribution in [2.24, 2.45) is 0 Å². The van der Waals surface area contributed by atoms with Crippen LogP contribution in [-0.4, -0.2) is 15.4 Å². The van der Waals surface area contributed by atoms with Crippen molar-refractivity contribution < 1.29 is 0 Å². The summed E-state index contributed by atoms with van der Waals surface area (Å²) >= 11 is 0. The van der Waals surface area contributed by atoms with Crippen molar-refractivity contribution in [1.82, 2.24) is 9.38 Å². The highest BCUT2D eigenvalue weighted by Gasteiger charge is 2.20. The molecule has 0 aromatic carbocycles. The molecule has 1 N–H and O–H groups in total. The van der Waals surface area contributed by atoms with Crippen LogP contribution in [0.1, 0.15) is 25.6 Å². The summed E-state index contributed by atoms with van der Waals surface area (Å²) in [7, 11) is 0. The number of hydrogen-bond acceptors (Lipinski definition) is 2. The molecule has 3 rings (SSSR count). The van der Waals surface area contributed by atoms with Crippen LogP contribution in [0.5, 0.6) is 0 Å². The van der Waals surface area contributed by atoms with Crippen LogP contribution in [0.25, 0.3) is 5.52 Å². The van der Waals surface area contributed by atoms with E-state index >= 15 is 0 Å². The number of aromatic nitrogens is 2. The minimum Gasteiger partial charge on any atom is -0.382 e. The Labute approximate surface area is 89.1 Å². The van der Waals surface area contributed by atoms with Gasteiger partial charge < -0.3 is 9.72 Å². The molecule has 0 unspecified atom stereocenters. The third-order valence-corrected chi connectivity index (χ3v) is 2.87. The topological polar surface area (TPSA) is 29.3 Å². The van der Waals surface area contributed by atoms with Crippen LogP contribution < -0.4 is 5.32 Å². The number of rotatable bonds is 3. The molecular weight excluding hydrogens is 186 g/mol. The fraction of sp³-hybridized carbons (Fsp3) is 0.417. The van der Waals surface area contributed by atoms with E-state index in [1.165, 1.54) is 24.0 Å². The number of nitrogens with one attached hydrogen (secondary N) is 1. The van der Waals surface area contributed by atoms with Crippen molar-refractivity contribution >= 4 is 11.2 Å². The molecule has 0 spiro atoms. The minimum absolute atomic E-state index is 0.709. The molecule has 78 valence electrons. The maximum atomic E-state index is 4.38. The van der Waals surface area contributed by atoms with Crippen LogP contribution in [-0.2, 0) is 6.42 Å². The van der Waals surface area contributed by atoms with Crippen LogP contribution in [0.15, 0.2) is 24.5 Å². The average molecular weight is 201 g/mol. The van der Waals surface area contributed by atoms with Crippen LogP contribution in [0.4, 0.5) is 5.69 Å². The van der Waals surface area contributed by atoms with E-state index in [-0.39, 0.29) is 0 Å². The first-order valence-corrected chi connectivity index (χ1v) is 5.59. The summed E-state index contributed by atoms with van der Waals surface area (Å²) in [5.74, 6) is 1.13. The standard InChI is InChI=1S/C12H15N3/c1-2-12-13-8-11-7-10(5-6-15(11)12)14-9-3-4-9/h5-9,14H,2-4H2,1H3. The van der Waals surface area contributed by atoms with Crippen molar-refractivity contribution in [3.63, 3.8) is 0 Å². The number of pyridine rings is 1. The van der Waals surface area contributed by atoms with E-state index in [9.17, 15) is 0 Å². The van der Waals surface area contributed by atoms with E-state index in [4.69, 9.17) is 0 Å². The summed E-state index contributed by atoms with van der Waals surface area (Å²) in [6.45, 7) is 2.13. The van der Waals surface area contributed by atoms with E-state index < -0.39 is 0 Å². The lowest BCUT2D eigenvalue weighted by Gasteiger charge is -2.05. The molecule has 1 aliphatic carbocycles. The predicted octanol–water partition coefficient (Wildman–Crippen LogP) is 2.47. The molecule has 1 fully saturated rings. The highest BCUT2D eigenvalue weighted by molar-refractivity contribution is 5.58. The second kappa shape index (κ2) is 3.26. The van der Waals surface area contributed by atoms with E-state index in [1.807, 2.05) is 6.20 Å². The van der Waals surface area contributed by atoms with Crippen LogP contribution in [0.2, 0.25) is 0 Å². The number of fused-ring (bicyclic) bond motifs is 1. The monoisotopic (exact) mass is 201 g/mol. The molecule has 2 aromatic heterocycles. The molecule has 0 bridgehead atoms. The Bertz CT molecular complexity index is 483. The maximum absolute atomic E-state index is 4.38. The van der Waals surface area contributed by atoms with Gasteiger partial charge in [-0.1, -0.05) is 6.92 Å². The lowest BCUT2D eigenvalue weighted by atomic mass is 10.3. The Morgan fingerprint density at radius 3 is 3.13 bits per heavy atom. The highest BCUT2D eigenvalue weighted by Crippen LogP contribution is 2.25. The normalized spacial score (nSPS) is 15.8. The molecule has 0 radical (unpaired) electrons. The van der Waals surface area contributed by atoms with Gasteiger partial charge in [0.05, 0.1) is 11.7 Å². The first kappa shape index (κ1) is 8.77. The molecule has 0 amide bonds. The smallest absolute Gasteiger partial charge is 0.112 e. The zero-order chi connectivity index (χ0) is 10.3. The largest absolute Gasteiger partial charge is 0.382 e. The first-order valence-electron chi connectivity index (χ1n) is 5.59. The van der Waals surface area contributed by atoms with Crippen molar-refractivity contribution in [1.29, 1.82) is 0 Å². The third-order valence-electron chi connectivity index (χ3n) is 2.87. The Balaban J connectivity index is 1.98. The van der Waals surface area contributed by atoms with Crippen molar-refractivity contribution in [2.75, 3.05) is 5.32 Å². The molecular formula is C12H15N3. The van der Waals surface area contributed by atoms with Gasteiger partial charge in [0, 0.05) is 24.3 Å². The number of aryl methyl sites for hydroxylation is 1. The molecule has 0 atom stereocenters. The molecule has 3 heteroatoms. The fourth-order valence-electron chi connectivity index (χ4n) is 1.87. The van der Waals surface area contributed by atoms with Gasteiger partial charge in [-0.25, -0.2) is 4.98 Å². The lowest BCUT2D eigenvalue weighted by Crippen LogP contribution is -2.01. The predicted molar refractivity (Wildman–Crippen MR) is 61.2 cm³/mol. The van der Waals surface area contributed by atoms with Gasteiger partial charge in [0.1, 0.15) is 5.82 Å². The Hall–Kier alpha value is -1.51. The Kier molecular flexibility index (Phi) is 1.91. The van der Waals surface area contributed by atoms with Crippen molar-refractivity contribution in [3.05, 3.63) is 30.4 Å². The summed E-state index contributed by atoms with van der Waals surface area (Å²) in [4.78, 5) is 4.38. The molecule has 2 heterocycles. The fourth-order valence-corrected chi connectivity index (χ4v) is 1.87. The van der Waals surface area contributed by atoms with E-state index in [0.29, 0.717) is 6.04 Å². The van der Waals surface area contributed by atoms with Gasteiger partial charge in [-0.15, -0.1) is 0 Å². The van der Waals surface area contributed by atoms with Crippen LogP contribution in [0, 0.1) is 0 Å². The first-order chi connectivity index (χ1) is 7.36. The number of nitrogens with zero attached hydrogens (tertiary/aromatic N) is 2. The zero-order valence-electron chi connectivity index (χ0n) is 8.90. The molecule has 0 aliphatic heterocycles. The van der Waals surface area contributed by atoms with E-state index in [1.54, 1.807) is 0 Å². The lowest BCUT2D eigenvalue weighted by molar-refractivity contribution is 0.933. The second-order valence-electron chi connectivity index (χ2n) is 4.16. The molecule has 3 nitrogen and oxygen atoms in total.